The zero-order valence-corrected chi connectivity index (χ0v) is 6.32. The lowest BCUT2D eigenvalue weighted by Gasteiger charge is -1.96. The van der Waals surface area contributed by atoms with Crippen molar-refractivity contribution in [1.82, 2.24) is 5.32 Å². The standard InChI is InChI=1S/C7H9NO4/c9-5-1-2-6(10)8-4-3-7(11)12/h1-2,5H,3-4H2,(H,8,10)(H,11,12)/b2-1-. The van der Waals surface area contributed by atoms with Crippen LogP contribution >= 0.6 is 0 Å². The summed E-state index contributed by atoms with van der Waals surface area (Å²) in [5.41, 5.74) is 0. The monoisotopic (exact) mass is 171 g/mol. The van der Waals surface area contributed by atoms with Gasteiger partial charge in [0.25, 0.3) is 0 Å². The highest BCUT2D eigenvalue weighted by molar-refractivity contribution is 5.91. The number of hydrogen-bond donors (Lipinski definition) is 2. The molecule has 0 atom stereocenters. The molecule has 0 aliphatic heterocycles. The van der Waals surface area contributed by atoms with E-state index in [1.807, 2.05) is 0 Å². The van der Waals surface area contributed by atoms with Gasteiger partial charge in [0.05, 0.1) is 6.42 Å². The lowest BCUT2D eigenvalue weighted by molar-refractivity contribution is -0.136. The van der Waals surface area contributed by atoms with Crippen molar-refractivity contribution in [3.05, 3.63) is 12.2 Å². The fraction of sp³-hybridized carbons (Fsp3) is 0.286. The highest BCUT2D eigenvalue weighted by Gasteiger charge is 1.97. The van der Waals surface area contributed by atoms with Gasteiger partial charge in [0, 0.05) is 12.6 Å². The molecule has 0 rings (SSSR count). The minimum Gasteiger partial charge on any atom is -0.481 e. The minimum atomic E-state index is -0.977. The van der Waals surface area contributed by atoms with E-state index in [-0.39, 0.29) is 13.0 Å². The molecule has 2 N–H and O–H groups in total. The van der Waals surface area contributed by atoms with Crippen LogP contribution in [0, 0.1) is 0 Å². The maximum absolute atomic E-state index is 10.6. The summed E-state index contributed by atoms with van der Waals surface area (Å²) < 4.78 is 0. The second-order valence-electron chi connectivity index (χ2n) is 1.93. The molecule has 5 heteroatoms. The van der Waals surface area contributed by atoms with E-state index in [4.69, 9.17) is 5.11 Å². The molecular weight excluding hydrogens is 162 g/mol. The number of aliphatic carboxylic acids is 1. The summed E-state index contributed by atoms with van der Waals surface area (Å²) in [6, 6.07) is 0. The third kappa shape index (κ3) is 6.47. The maximum atomic E-state index is 10.6. The van der Waals surface area contributed by atoms with Crippen LogP contribution in [0.1, 0.15) is 6.42 Å². The van der Waals surface area contributed by atoms with E-state index >= 15 is 0 Å². The summed E-state index contributed by atoms with van der Waals surface area (Å²) in [5, 5.41) is 10.5. The summed E-state index contributed by atoms with van der Waals surface area (Å²) in [6.07, 6.45) is 2.42. The molecule has 0 spiro atoms. The van der Waals surface area contributed by atoms with Crippen LogP contribution in [0.25, 0.3) is 0 Å². The van der Waals surface area contributed by atoms with E-state index in [9.17, 15) is 14.4 Å². The van der Waals surface area contributed by atoms with Gasteiger partial charge in [0.1, 0.15) is 6.29 Å². The normalized spacial score (nSPS) is 9.67. The van der Waals surface area contributed by atoms with Crippen LogP contribution in [0.4, 0.5) is 0 Å². The number of hydrogen-bond acceptors (Lipinski definition) is 3. The minimum absolute atomic E-state index is 0.0668. The van der Waals surface area contributed by atoms with Gasteiger partial charge in [-0.05, 0) is 6.08 Å². The van der Waals surface area contributed by atoms with Crippen molar-refractivity contribution in [3.63, 3.8) is 0 Å². The van der Waals surface area contributed by atoms with Crippen LogP contribution in [-0.2, 0) is 14.4 Å². The number of aldehydes is 1. The van der Waals surface area contributed by atoms with Crippen molar-refractivity contribution in [2.75, 3.05) is 6.54 Å². The second kappa shape index (κ2) is 6.09. The Morgan fingerprint density at radius 3 is 2.58 bits per heavy atom. The SMILES string of the molecule is O=C/C=C\C(=O)NCCC(=O)O. The van der Waals surface area contributed by atoms with Crippen molar-refractivity contribution >= 4 is 18.2 Å². The van der Waals surface area contributed by atoms with Crippen LogP contribution in [0.15, 0.2) is 12.2 Å². The molecule has 0 saturated heterocycles. The van der Waals surface area contributed by atoms with Gasteiger partial charge in [-0.3, -0.25) is 14.4 Å². The first-order valence-corrected chi connectivity index (χ1v) is 3.28. The van der Waals surface area contributed by atoms with E-state index in [1.165, 1.54) is 0 Å². The Kier molecular flexibility index (Phi) is 5.25. The smallest absolute Gasteiger partial charge is 0.305 e. The number of nitrogens with one attached hydrogen (secondary N) is 1. The van der Waals surface area contributed by atoms with Gasteiger partial charge < -0.3 is 10.4 Å². The van der Waals surface area contributed by atoms with Crippen LogP contribution in [0.5, 0.6) is 0 Å². The first-order chi connectivity index (χ1) is 5.66. The topological polar surface area (TPSA) is 83.5 Å². The summed E-state index contributed by atoms with van der Waals surface area (Å²) in [6.45, 7) is 0.0668. The molecule has 0 unspecified atom stereocenters. The second-order valence-corrected chi connectivity index (χ2v) is 1.93. The predicted molar refractivity (Wildman–Crippen MR) is 40.5 cm³/mol. The van der Waals surface area contributed by atoms with Crippen molar-refractivity contribution in [2.24, 2.45) is 0 Å². The van der Waals surface area contributed by atoms with Crippen LogP contribution < -0.4 is 5.32 Å². The summed E-state index contributed by atoms with van der Waals surface area (Å²) in [4.78, 5) is 30.3. The van der Waals surface area contributed by atoms with Gasteiger partial charge in [-0.15, -0.1) is 0 Å². The van der Waals surface area contributed by atoms with Gasteiger partial charge in [-0.2, -0.15) is 0 Å². The van der Waals surface area contributed by atoms with E-state index in [0.717, 1.165) is 12.2 Å². The average molecular weight is 171 g/mol. The Morgan fingerprint density at radius 1 is 1.42 bits per heavy atom. The molecular formula is C7H9NO4. The highest BCUT2D eigenvalue weighted by atomic mass is 16.4. The quantitative estimate of drug-likeness (QED) is 0.424. The van der Waals surface area contributed by atoms with Crippen molar-refractivity contribution < 1.29 is 19.5 Å². The van der Waals surface area contributed by atoms with Gasteiger partial charge in [0.15, 0.2) is 0 Å². The average Bonchev–Trinajstić information content (AvgIpc) is 2.00. The number of amides is 1. The third-order valence-electron chi connectivity index (χ3n) is 0.964. The number of carbonyl (C=O) groups is 3. The first-order valence-electron chi connectivity index (χ1n) is 3.28. The molecule has 0 aromatic heterocycles. The molecule has 0 aliphatic rings. The van der Waals surface area contributed by atoms with E-state index < -0.39 is 11.9 Å². The molecule has 1 amide bonds. The summed E-state index contributed by atoms with van der Waals surface area (Å²) in [5.74, 6) is -1.45. The number of carbonyl (C=O) groups excluding carboxylic acids is 2. The zero-order chi connectivity index (χ0) is 9.40. The maximum Gasteiger partial charge on any atom is 0.305 e. The third-order valence-corrected chi connectivity index (χ3v) is 0.964. The Labute approximate surface area is 69.1 Å². The molecule has 12 heavy (non-hydrogen) atoms. The fourth-order valence-electron chi connectivity index (χ4n) is 0.478. The lowest BCUT2D eigenvalue weighted by Crippen LogP contribution is -2.23. The first kappa shape index (κ1) is 10.3. The number of carboxylic acids is 1. The predicted octanol–water partition coefficient (Wildman–Crippen LogP) is -0.668. The molecule has 0 fully saturated rings. The van der Waals surface area contributed by atoms with Crippen molar-refractivity contribution in [1.29, 1.82) is 0 Å². The largest absolute Gasteiger partial charge is 0.481 e. The molecule has 0 radical (unpaired) electrons. The van der Waals surface area contributed by atoms with Gasteiger partial charge in [-0.25, -0.2) is 0 Å². The van der Waals surface area contributed by atoms with Gasteiger partial charge in [0.2, 0.25) is 5.91 Å². The van der Waals surface area contributed by atoms with Crippen molar-refractivity contribution in [3.8, 4) is 0 Å². The molecule has 0 aliphatic carbocycles. The van der Waals surface area contributed by atoms with Gasteiger partial charge in [-0.1, -0.05) is 0 Å². The number of carboxylic acid groups (broad SMARTS) is 1. The Morgan fingerprint density at radius 2 is 2.08 bits per heavy atom. The number of allylic oxidation sites excluding steroid dienone is 1. The van der Waals surface area contributed by atoms with E-state index in [0.29, 0.717) is 6.29 Å². The lowest BCUT2D eigenvalue weighted by atomic mass is 10.4. The van der Waals surface area contributed by atoms with Crippen LogP contribution in [0.2, 0.25) is 0 Å². The Hall–Kier alpha value is -1.65. The molecule has 0 heterocycles. The number of rotatable bonds is 5. The zero-order valence-electron chi connectivity index (χ0n) is 6.32. The fourth-order valence-corrected chi connectivity index (χ4v) is 0.478. The molecule has 0 saturated carbocycles. The Balaban J connectivity index is 3.50. The molecule has 0 aromatic carbocycles. The van der Waals surface area contributed by atoms with E-state index in [2.05, 4.69) is 5.32 Å². The molecule has 66 valence electrons. The van der Waals surface area contributed by atoms with E-state index in [1.54, 1.807) is 0 Å². The highest BCUT2D eigenvalue weighted by Crippen LogP contribution is 1.76. The van der Waals surface area contributed by atoms with Gasteiger partial charge >= 0.3 is 5.97 Å². The summed E-state index contributed by atoms with van der Waals surface area (Å²) in [7, 11) is 0. The van der Waals surface area contributed by atoms with Crippen LogP contribution in [0.3, 0.4) is 0 Å². The molecule has 0 bridgehead atoms. The molecule has 0 aromatic rings. The Bertz CT molecular complexity index is 209. The molecule has 5 nitrogen and oxygen atoms in total. The van der Waals surface area contributed by atoms with Crippen molar-refractivity contribution in [2.45, 2.75) is 6.42 Å². The van der Waals surface area contributed by atoms with Crippen LogP contribution in [-0.4, -0.2) is 29.8 Å². The summed E-state index contributed by atoms with van der Waals surface area (Å²) >= 11 is 0.